The number of benzene rings is 4. The molecule has 4 nitrogen and oxygen atoms in total. The molecule has 9 rings (SSSR count). The molecule has 0 spiro atoms. The molecule has 6 heteroatoms. The van der Waals surface area contributed by atoms with Gasteiger partial charge in [0, 0.05) is 50.5 Å². The molecule has 0 aliphatic heterocycles. The van der Waals surface area contributed by atoms with E-state index in [-0.39, 0.29) is 20.1 Å². The standard InChI is InChI=1S/C30H26NO2.C20H26NSi.Ir/c1-19-16-28-26(18-25(19)30-23-10-5-4-8-20(23)14-15-31(30)2)24-13-12-21(17-29(24)33-28)22-9-6-7-11-27(22)32-3;1-15-10-11-16-8-6-7-9-18(16)20(15)19-13-12-17(14-21(19)2)22(3,4)5;/h6-7,9,11-18H,1-2,4-5,8,10H2,3H3;10-14H,1-2,6-9H2,3-5H3;/q2*-1;. The predicted molar refractivity (Wildman–Crippen MR) is 230 cm³/mol. The monoisotopic (exact) mass is 933 g/mol. The van der Waals surface area contributed by atoms with Gasteiger partial charge in [-0.05, 0) is 80.7 Å². The van der Waals surface area contributed by atoms with Crippen LogP contribution in [-0.2, 0) is 45.8 Å². The SMILES string of the molecule is [CH2-]c1cc2oc3cc(-c4ccccc4OC)ccc3c2cc1-c1c2c(cc[n+]1[CH2-])CCCC2.[CH2-]c1ccc2c(c1-c1ccc([Si](C)(C)C)c[n+]1[CH2-])CCCC2.[Ir]. The fourth-order valence-electron chi connectivity index (χ4n) is 8.67. The quantitative estimate of drug-likeness (QED) is 0.0978. The van der Waals surface area contributed by atoms with Crippen molar-refractivity contribution in [2.45, 2.75) is 71.0 Å². The second kappa shape index (κ2) is 15.9. The van der Waals surface area contributed by atoms with Gasteiger partial charge in [0.2, 0.25) is 0 Å². The van der Waals surface area contributed by atoms with E-state index in [0.29, 0.717) is 0 Å². The van der Waals surface area contributed by atoms with Crippen molar-refractivity contribution in [3.63, 3.8) is 0 Å². The van der Waals surface area contributed by atoms with Crippen LogP contribution in [0.5, 0.6) is 5.75 Å². The first-order valence-corrected chi connectivity index (χ1v) is 23.2. The molecule has 4 aromatic carbocycles. The van der Waals surface area contributed by atoms with Crippen molar-refractivity contribution in [1.82, 2.24) is 0 Å². The third-order valence-electron chi connectivity index (χ3n) is 11.7. The summed E-state index contributed by atoms with van der Waals surface area (Å²) in [7, 11) is 8.96. The molecule has 0 bridgehead atoms. The van der Waals surface area contributed by atoms with Crippen molar-refractivity contribution in [3.8, 4) is 39.4 Å². The van der Waals surface area contributed by atoms with Crippen molar-refractivity contribution < 1.29 is 38.4 Å². The van der Waals surface area contributed by atoms with Crippen molar-refractivity contribution in [2.75, 3.05) is 7.11 Å². The maximum atomic E-state index is 6.30. The second-order valence-corrected chi connectivity index (χ2v) is 21.4. The Morgan fingerprint density at radius 1 is 0.661 bits per heavy atom. The number of hydrogen-bond donors (Lipinski definition) is 0. The van der Waals surface area contributed by atoms with E-state index >= 15 is 0 Å². The summed E-state index contributed by atoms with van der Waals surface area (Å²) in [6.07, 6.45) is 14.0. The number of hydrogen-bond acceptors (Lipinski definition) is 2. The number of ether oxygens (including phenoxy) is 1. The third kappa shape index (κ3) is 7.38. The molecule has 0 unspecified atom stereocenters. The molecule has 0 atom stereocenters. The van der Waals surface area contributed by atoms with E-state index < -0.39 is 8.07 Å². The summed E-state index contributed by atoms with van der Waals surface area (Å²) >= 11 is 0. The zero-order valence-corrected chi connectivity index (χ0v) is 36.7. The molecule has 2 aliphatic carbocycles. The average molecular weight is 933 g/mol. The predicted octanol–water partition coefficient (Wildman–Crippen LogP) is 10.8. The zero-order chi connectivity index (χ0) is 38.4. The fraction of sp³-hybridized carbons (Fsp3) is 0.240. The third-order valence-corrected chi connectivity index (χ3v) is 13.7. The number of methoxy groups -OCH3 is 1. The van der Waals surface area contributed by atoms with Gasteiger partial charge in [0.1, 0.15) is 11.3 Å². The van der Waals surface area contributed by atoms with Crippen LogP contribution in [0.3, 0.4) is 0 Å². The van der Waals surface area contributed by atoms with E-state index in [1.165, 1.54) is 82.9 Å². The van der Waals surface area contributed by atoms with Crippen molar-refractivity contribution >= 4 is 35.2 Å². The van der Waals surface area contributed by atoms with Gasteiger partial charge >= 0.3 is 0 Å². The summed E-state index contributed by atoms with van der Waals surface area (Å²) in [6, 6.07) is 29.9. The Kier molecular flexibility index (Phi) is 11.2. The topological polar surface area (TPSA) is 30.1 Å². The molecule has 289 valence electrons. The Morgan fingerprint density at radius 3 is 2.09 bits per heavy atom. The van der Waals surface area contributed by atoms with Crippen LogP contribution in [0.25, 0.3) is 55.6 Å². The van der Waals surface area contributed by atoms with Gasteiger partial charge in [-0.25, -0.2) is 0 Å². The number of nitrogens with zero attached hydrogens (tertiary/aromatic N) is 2. The van der Waals surface area contributed by atoms with Crippen LogP contribution < -0.4 is 19.1 Å². The van der Waals surface area contributed by atoms with Crippen molar-refractivity contribution in [3.05, 3.63) is 159 Å². The van der Waals surface area contributed by atoms with E-state index in [1.807, 2.05) is 22.8 Å². The molecular weight excluding hydrogens is 881 g/mol. The molecule has 3 heterocycles. The van der Waals surface area contributed by atoms with Gasteiger partial charge in [-0.3, -0.25) is 0 Å². The Balaban J connectivity index is 0.000000183. The molecule has 7 aromatic rings. The number of aromatic nitrogens is 2. The van der Waals surface area contributed by atoms with Crippen molar-refractivity contribution in [1.29, 1.82) is 0 Å². The van der Waals surface area contributed by atoms with Gasteiger partial charge in [-0.2, -0.15) is 31.0 Å². The Bertz CT molecular complexity index is 2580. The van der Waals surface area contributed by atoms with Crippen LogP contribution in [0, 0.1) is 27.9 Å². The molecule has 0 saturated heterocycles. The summed E-state index contributed by atoms with van der Waals surface area (Å²) in [6.45, 7) is 15.8. The number of furan rings is 1. The van der Waals surface area contributed by atoms with Crippen LogP contribution in [0.4, 0.5) is 0 Å². The summed E-state index contributed by atoms with van der Waals surface area (Å²) < 4.78 is 15.9. The van der Waals surface area contributed by atoms with Crippen LogP contribution in [0.15, 0.2) is 102 Å². The van der Waals surface area contributed by atoms with Crippen LogP contribution in [0.1, 0.15) is 59.1 Å². The summed E-state index contributed by atoms with van der Waals surface area (Å²) in [5, 5.41) is 3.65. The summed E-state index contributed by atoms with van der Waals surface area (Å²) in [5.41, 5.74) is 16.6. The fourth-order valence-corrected chi connectivity index (χ4v) is 9.80. The normalized spacial score (nSPS) is 13.6. The Hall–Kier alpha value is -4.87. The zero-order valence-electron chi connectivity index (χ0n) is 33.3. The molecule has 0 saturated carbocycles. The summed E-state index contributed by atoms with van der Waals surface area (Å²) in [5.74, 6) is 0.851. The first-order valence-electron chi connectivity index (χ1n) is 19.7. The number of fused-ring (bicyclic) bond motifs is 5. The largest absolute Gasteiger partial charge is 0.496 e. The van der Waals surface area contributed by atoms with Gasteiger partial charge in [0.15, 0.2) is 0 Å². The van der Waals surface area contributed by atoms with E-state index in [0.717, 1.165) is 68.3 Å². The Labute approximate surface area is 347 Å². The minimum atomic E-state index is -1.31. The van der Waals surface area contributed by atoms with E-state index in [9.17, 15) is 0 Å². The van der Waals surface area contributed by atoms with E-state index in [2.05, 4.69) is 131 Å². The van der Waals surface area contributed by atoms with Crippen LogP contribution in [-0.4, -0.2) is 15.2 Å². The van der Waals surface area contributed by atoms with Gasteiger partial charge in [0.25, 0.3) is 0 Å². The van der Waals surface area contributed by atoms with Gasteiger partial charge < -0.3 is 18.3 Å². The number of aryl methyl sites for hydroxylation is 2. The van der Waals surface area contributed by atoms with Gasteiger partial charge in [-0.1, -0.05) is 84.0 Å². The van der Waals surface area contributed by atoms with E-state index in [4.69, 9.17) is 9.15 Å². The van der Waals surface area contributed by atoms with Crippen LogP contribution in [0.2, 0.25) is 19.6 Å². The number of rotatable bonds is 5. The van der Waals surface area contributed by atoms with E-state index in [1.54, 1.807) is 7.11 Å². The second-order valence-electron chi connectivity index (χ2n) is 16.3. The first kappa shape index (κ1) is 39.4. The smallest absolute Gasteiger partial charge is 0.134 e. The minimum Gasteiger partial charge on any atom is -0.496 e. The number of para-hydroxylation sites is 1. The number of pyridine rings is 2. The molecule has 56 heavy (non-hydrogen) atoms. The molecule has 2 aliphatic rings. The van der Waals surface area contributed by atoms with Crippen molar-refractivity contribution in [2.24, 2.45) is 0 Å². The maximum Gasteiger partial charge on any atom is 0.134 e. The van der Waals surface area contributed by atoms with Gasteiger partial charge in [0.05, 0.1) is 44.5 Å². The minimum absolute atomic E-state index is 0. The molecule has 0 N–H and O–H groups in total. The molecular formula is C50H52IrN2O2Si-2. The summed E-state index contributed by atoms with van der Waals surface area (Å²) in [4.78, 5) is 0. The first-order chi connectivity index (χ1) is 26.5. The molecule has 3 aromatic heterocycles. The maximum absolute atomic E-state index is 6.30. The molecule has 1 radical (unpaired) electrons. The molecule has 0 fully saturated rings. The Morgan fingerprint density at radius 2 is 1.36 bits per heavy atom. The average Bonchev–Trinajstić information content (AvgIpc) is 3.54. The van der Waals surface area contributed by atoms with Gasteiger partial charge in [-0.15, -0.1) is 29.3 Å². The molecule has 0 amide bonds. The van der Waals surface area contributed by atoms with Crippen LogP contribution >= 0.6 is 0 Å².